The van der Waals surface area contributed by atoms with Gasteiger partial charge in [0.2, 0.25) is 5.82 Å². The number of ether oxygens (including phenoxy) is 2. The van der Waals surface area contributed by atoms with E-state index in [0.29, 0.717) is 28.9 Å². The number of benzene rings is 1. The molecule has 1 saturated heterocycles. The molecule has 1 aliphatic heterocycles. The van der Waals surface area contributed by atoms with E-state index < -0.39 is 0 Å². The van der Waals surface area contributed by atoms with Crippen LogP contribution in [-0.4, -0.2) is 54.8 Å². The molecule has 0 saturated carbocycles. The van der Waals surface area contributed by atoms with Gasteiger partial charge in [-0.3, -0.25) is 0 Å². The highest BCUT2D eigenvalue weighted by molar-refractivity contribution is 5.92. The van der Waals surface area contributed by atoms with Gasteiger partial charge < -0.3 is 19.7 Å². The molecule has 1 N–H and O–H groups in total. The largest absolute Gasteiger partial charge is 0.493 e. The number of hydrogen-bond donors (Lipinski definition) is 1. The van der Waals surface area contributed by atoms with Crippen LogP contribution in [0.4, 0.5) is 5.82 Å². The molecular formula is C19H25N5O2. The third-order valence-corrected chi connectivity index (χ3v) is 4.77. The van der Waals surface area contributed by atoms with Gasteiger partial charge in [-0.05, 0) is 31.9 Å². The van der Waals surface area contributed by atoms with E-state index in [-0.39, 0.29) is 5.82 Å². The van der Waals surface area contributed by atoms with Crippen molar-refractivity contribution >= 4 is 16.7 Å². The summed E-state index contributed by atoms with van der Waals surface area (Å²) in [6.07, 6.45) is 3.29. The minimum Gasteiger partial charge on any atom is -0.493 e. The lowest BCUT2D eigenvalue weighted by atomic mass is 10.0. The molecule has 2 aromatic rings. The third kappa shape index (κ3) is 3.81. The summed E-state index contributed by atoms with van der Waals surface area (Å²) in [5.41, 5.74) is 0.667. The minimum absolute atomic E-state index is 0.149. The number of rotatable bonds is 6. The molecular weight excluding hydrogens is 330 g/mol. The predicted molar refractivity (Wildman–Crippen MR) is 101 cm³/mol. The zero-order valence-electron chi connectivity index (χ0n) is 15.6. The number of nitrogens with zero attached hydrogens (tertiary/aromatic N) is 4. The van der Waals surface area contributed by atoms with Gasteiger partial charge in [0, 0.05) is 30.6 Å². The summed E-state index contributed by atoms with van der Waals surface area (Å²) in [4.78, 5) is 11.2. The lowest BCUT2D eigenvalue weighted by Crippen LogP contribution is -2.39. The van der Waals surface area contributed by atoms with Gasteiger partial charge in [-0.1, -0.05) is 6.92 Å². The molecule has 138 valence electrons. The first-order chi connectivity index (χ1) is 12.7. The normalized spacial score (nSPS) is 15.6. The Bertz CT molecular complexity index is 810. The summed E-state index contributed by atoms with van der Waals surface area (Å²) in [5.74, 6) is 2.03. The molecule has 2 heterocycles. The average molecular weight is 355 g/mol. The van der Waals surface area contributed by atoms with Crippen LogP contribution < -0.4 is 14.8 Å². The lowest BCUT2D eigenvalue weighted by molar-refractivity contribution is 0.219. The molecule has 0 unspecified atom stereocenters. The SMILES string of the molecule is CCCN1CCC(Nc2nc(C#N)nc3cc(OC)c(OC)cc23)CC1. The summed E-state index contributed by atoms with van der Waals surface area (Å²) in [5, 5.41) is 13.6. The minimum atomic E-state index is 0.149. The van der Waals surface area contributed by atoms with Crippen LogP contribution in [0.1, 0.15) is 32.0 Å². The smallest absolute Gasteiger partial charge is 0.234 e. The molecule has 0 atom stereocenters. The maximum absolute atomic E-state index is 9.28. The lowest BCUT2D eigenvalue weighted by Gasteiger charge is -2.32. The summed E-state index contributed by atoms with van der Waals surface area (Å²) < 4.78 is 10.8. The molecule has 0 amide bonds. The number of fused-ring (bicyclic) bond motifs is 1. The fourth-order valence-corrected chi connectivity index (χ4v) is 3.43. The number of likely N-dealkylation sites (tertiary alicyclic amines) is 1. The van der Waals surface area contributed by atoms with Crippen LogP contribution >= 0.6 is 0 Å². The van der Waals surface area contributed by atoms with Crippen molar-refractivity contribution in [1.82, 2.24) is 14.9 Å². The van der Waals surface area contributed by atoms with Crippen molar-refractivity contribution < 1.29 is 9.47 Å². The van der Waals surface area contributed by atoms with Crippen LogP contribution in [0.15, 0.2) is 12.1 Å². The Hall–Kier alpha value is -2.59. The van der Waals surface area contributed by atoms with Crippen molar-refractivity contribution in [1.29, 1.82) is 5.26 Å². The van der Waals surface area contributed by atoms with Crippen molar-refractivity contribution in [3.8, 4) is 17.6 Å². The topological polar surface area (TPSA) is 83.3 Å². The Morgan fingerprint density at radius 2 is 1.88 bits per heavy atom. The van der Waals surface area contributed by atoms with Crippen molar-refractivity contribution in [2.75, 3.05) is 39.2 Å². The number of nitriles is 1. The van der Waals surface area contributed by atoms with Gasteiger partial charge in [0.15, 0.2) is 11.5 Å². The fourth-order valence-electron chi connectivity index (χ4n) is 3.43. The van der Waals surface area contributed by atoms with Crippen molar-refractivity contribution in [2.45, 2.75) is 32.2 Å². The molecule has 0 spiro atoms. The second-order valence-corrected chi connectivity index (χ2v) is 6.49. The standard InChI is InChI=1S/C19H25N5O2/c1-4-7-24-8-5-13(6-9-24)21-19-14-10-16(25-2)17(26-3)11-15(14)22-18(12-20)23-19/h10-11,13H,4-9H2,1-3H3,(H,21,22,23). The quantitative estimate of drug-likeness (QED) is 0.853. The first kappa shape index (κ1) is 18.2. The van der Waals surface area contributed by atoms with E-state index in [2.05, 4.69) is 27.1 Å². The monoisotopic (exact) mass is 355 g/mol. The van der Waals surface area contributed by atoms with Crippen LogP contribution in [0.25, 0.3) is 10.9 Å². The van der Waals surface area contributed by atoms with E-state index >= 15 is 0 Å². The Labute approximate surface area is 153 Å². The highest BCUT2D eigenvalue weighted by Crippen LogP contribution is 2.34. The third-order valence-electron chi connectivity index (χ3n) is 4.77. The van der Waals surface area contributed by atoms with Crippen LogP contribution in [0.3, 0.4) is 0 Å². The number of nitrogens with one attached hydrogen (secondary N) is 1. The van der Waals surface area contributed by atoms with Gasteiger partial charge in [0.1, 0.15) is 11.9 Å². The van der Waals surface area contributed by atoms with E-state index in [0.717, 1.165) is 37.9 Å². The van der Waals surface area contributed by atoms with Crippen molar-refractivity contribution in [3.63, 3.8) is 0 Å². The Morgan fingerprint density at radius 3 is 2.50 bits per heavy atom. The molecule has 0 aliphatic carbocycles. The van der Waals surface area contributed by atoms with Crippen LogP contribution in [0.5, 0.6) is 11.5 Å². The second-order valence-electron chi connectivity index (χ2n) is 6.49. The number of aromatic nitrogens is 2. The summed E-state index contributed by atoms with van der Waals surface area (Å²) in [6.45, 7) is 5.52. The predicted octanol–water partition coefficient (Wildman–Crippen LogP) is 2.80. The van der Waals surface area contributed by atoms with E-state index in [9.17, 15) is 5.26 Å². The molecule has 3 rings (SSSR count). The van der Waals surface area contributed by atoms with Crippen LogP contribution in [0.2, 0.25) is 0 Å². The Balaban J connectivity index is 1.90. The van der Waals surface area contributed by atoms with Crippen molar-refractivity contribution in [3.05, 3.63) is 18.0 Å². The molecule has 1 aliphatic rings. The Morgan fingerprint density at radius 1 is 1.19 bits per heavy atom. The molecule has 1 fully saturated rings. The summed E-state index contributed by atoms with van der Waals surface area (Å²) in [6, 6.07) is 6.03. The van der Waals surface area contributed by atoms with Gasteiger partial charge in [0.05, 0.1) is 19.7 Å². The van der Waals surface area contributed by atoms with E-state index in [1.54, 1.807) is 20.3 Å². The first-order valence-corrected chi connectivity index (χ1v) is 9.01. The van der Waals surface area contributed by atoms with Gasteiger partial charge in [-0.2, -0.15) is 5.26 Å². The van der Waals surface area contributed by atoms with Gasteiger partial charge in [-0.25, -0.2) is 9.97 Å². The number of hydrogen-bond acceptors (Lipinski definition) is 7. The maximum Gasteiger partial charge on any atom is 0.234 e. The van der Waals surface area contributed by atoms with Gasteiger partial charge in [0.25, 0.3) is 0 Å². The molecule has 0 bridgehead atoms. The number of piperidine rings is 1. The second kappa shape index (κ2) is 8.19. The zero-order valence-corrected chi connectivity index (χ0v) is 15.6. The van der Waals surface area contributed by atoms with Crippen LogP contribution in [-0.2, 0) is 0 Å². The van der Waals surface area contributed by atoms with Gasteiger partial charge in [-0.15, -0.1) is 0 Å². The highest BCUT2D eigenvalue weighted by atomic mass is 16.5. The number of anilines is 1. The van der Waals surface area contributed by atoms with E-state index in [1.165, 1.54) is 6.42 Å². The number of methoxy groups -OCH3 is 2. The van der Waals surface area contributed by atoms with Crippen LogP contribution in [0, 0.1) is 11.3 Å². The molecule has 1 aromatic heterocycles. The summed E-state index contributed by atoms with van der Waals surface area (Å²) >= 11 is 0. The zero-order chi connectivity index (χ0) is 18.5. The summed E-state index contributed by atoms with van der Waals surface area (Å²) in [7, 11) is 3.18. The molecule has 1 aromatic carbocycles. The average Bonchev–Trinajstić information content (AvgIpc) is 2.68. The molecule has 7 nitrogen and oxygen atoms in total. The van der Waals surface area contributed by atoms with E-state index in [4.69, 9.17) is 9.47 Å². The van der Waals surface area contributed by atoms with Crippen molar-refractivity contribution in [2.24, 2.45) is 0 Å². The fraction of sp³-hybridized carbons (Fsp3) is 0.526. The Kier molecular flexibility index (Phi) is 5.74. The maximum atomic E-state index is 9.28. The van der Waals surface area contributed by atoms with Gasteiger partial charge >= 0.3 is 0 Å². The molecule has 7 heteroatoms. The first-order valence-electron chi connectivity index (χ1n) is 9.01. The molecule has 26 heavy (non-hydrogen) atoms. The highest BCUT2D eigenvalue weighted by Gasteiger charge is 2.21. The van der Waals surface area contributed by atoms with E-state index in [1.807, 2.05) is 12.1 Å². The molecule has 0 radical (unpaired) electrons.